The van der Waals surface area contributed by atoms with Gasteiger partial charge in [0.05, 0.1) is 12.8 Å². The van der Waals surface area contributed by atoms with E-state index in [4.69, 9.17) is 4.74 Å². The molecule has 0 radical (unpaired) electrons. The maximum atomic E-state index is 12.0. The van der Waals surface area contributed by atoms with E-state index in [2.05, 4.69) is 5.32 Å². The lowest BCUT2D eigenvalue weighted by Crippen LogP contribution is -2.28. The van der Waals surface area contributed by atoms with Crippen molar-refractivity contribution in [2.24, 2.45) is 5.41 Å². The van der Waals surface area contributed by atoms with Gasteiger partial charge in [-0.1, -0.05) is 26.8 Å². The third-order valence-electron chi connectivity index (χ3n) is 2.55. The molecule has 0 aromatic heterocycles. The van der Waals surface area contributed by atoms with E-state index in [0.717, 1.165) is 0 Å². The number of methoxy groups -OCH3 is 1. The number of hydrogen-bond donors (Lipinski definition) is 1. The van der Waals surface area contributed by atoms with Crippen molar-refractivity contribution in [2.75, 3.05) is 12.4 Å². The van der Waals surface area contributed by atoms with Crippen molar-refractivity contribution in [1.82, 2.24) is 0 Å². The predicted octanol–water partition coefficient (Wildman–Crippen LogP) is 2.88. The van der Waals surface area contributed by atoms with Crippen LogP contribution in [0.2, 0.25) is 0 Å². The molecule has 0 fully saturated rings. The first kappa shape index (κ1) is 14.2. The highest BCUT2D eigenvalue weighted by Crippen LogP contribution is 2.30. The molecule has 0 spiro atoms. The van der Waals surface area contributed by atoms with E-state index in [9.17, 15) is 9.59 Å². The zero-order valence-electron chi connectivity index (χ0n) is 11.5. The molecule has 1 amide bonds. The van der Waals surface area contributed by atoms with Crippen LogP contribution in [-0.4, -0.2) is 18.8 Å². The normalized spacial score (nSPS) is 10.9. The molecular weight excluding hydrogens is 230 g/mol. The largest absolute Gasteiger partial charge is 0.495 e. The van der Waals surface area contributed by atoms with Crippen LogP contribution in [-0.2, 0) is 4.79 Å². The maximum Gasteiger partial charge on any atom is 0.229 e. The molecule has 0 aliphatic heterocycles. The lowest BCUT2D eigenvalue weighted by atomic mass is 9.95. The van der Waals surface area contributed by atoms with E-state index in [0.29, 0.717) is 17.0 Å². The Hall–Kier alpha value is -1.84. The van der Waals surface area contributed by atoms with Gasteiger partial charge in [0.2, 0.25) is 5.91 Å². The summed E-state index contributed by atoms with van der Waals surface area (Å²) in [4.78, 5) is 23.6. The van der Waals surface area contributed by atoms with Crippen molar-refractivity contribution in [3.8, 4) is 5.75 Å². The lowest BCUT2D eigenvalue weighted by Gasteiger charge is -2.20. The van der Waals surface area contributed by atoms with Crippen LogP contribution in [0.25, 0.3) is 0 Å². The topological polar surface area (TPSA) is 55.4 Å². The minimum absolute atomic E-state index is 0.113. The Balaban J connectivity index is 3.21. The summed E-state index contributed by atoms with van der Waals surface area (Å²) in [5, 5.41) is 2.77. The average molecular weight is 249 g/mol. The molecule has 0 heterocycles. The van der Waals surface area contributed by atoms with Crippen LogP contribution in [0.4, 0.5) is 5.69 Å². The maximum absolute atomic E-state index is 12.0. The molecule has 1 N–H and O–H groups in total. The van der Waals surface area contributed by atoms with Crippen molar-refractivity contribution in [3.05, 3.63) is 23.8 Å². The van der Waals surface area contributed by atoms with Gasteiger partial charge in [-0.2, -0.15) is 0 Å². The van der Waals surface area contributed by atoms with Crippen LogP contribution in [0, 0.1) is 5.41 Å². The number of para-hydroxylation sites is 1. The van der Waals surface area contributed by atoms with Crippen LogP contribution < -0.4 is 10.1 Å². The quantitative estimate of drug-likeness (QED) is 0.838. The zero-order chi connectivity index (χ0) is 13.9. The molecular formula is C14H19NO3. The number of nitrogens with one attached hydrogen (secondary N) is 1. The molecule has 4 nitrogen and oxygen atoms in total. The van der Waals surface area contributed by atoms with Gasteiger partial charge < -0.3 is 10.1 Å². The fraction of sp³-hybridized carbons (Fsp3) is 0.429. The number of anilines is 1. The molecule has 0 unspecified atom stereocenters. The Morgan fingerprint density at radius 2 is 1.83 bits per heavy atom. The first-order chi connectivity index (χ1) is 8.27. The van der Waals surface area contributed by atoms with E-state index in [1.165, 1.54) is 14.0 Å². The summed E-state index contributed by atoms with van der Waals surface area (Å²) in [5.74, 6) is 0.216. The summed E-state index contributed by atoms with van der Waals surface area (Å²) in [5.41, 5.74) is 0.355. The fourth-order valence-corrected chi connectivity index (χ4v) is 1.42. The SMILES string of the molecule is COc1cccc(C(C)=O)c1NC(=O)C(C)(C)C. The third-order valence-corrected chi connectivity index (χ3v) is 2.55. The number of benzene rings is 1. The molecule has 1 rings (SSSR count). The Labute approximate surface area is 107 Å². The smallest absolute Gasteiger partial charge is 0.229 e. The van der Waals surface area contributed by atoms with E-state index >= 15 is 0 Å². The highest BCUT2D eigenvalue weighted by Gasteiger charge is 2.24. The Kier molecular flexibility index (Phi) is 4.11. The molecule has 0 atom stereocenters. The standard InChI is InChI=1S/C14H19NO3/c1-9(16)10-7-6-8-11(18-5)12(10)15-13(17)14(2,3)4/h6-8H,1-5H3,(H,15,17). The molecule has 0 aliphatic rings. The first-order valence-corrected chi connectivity index (χ1v) is 5.76. The van der Waals surface area contributed by atoms with Gasteiger partial charge in [-0.15, -0.1) is 0 Å². The summed E-state index contributed by atoms with van der Waals surface area (Å²) >= 11 is 0. The predicted molar refractivity (Wildman–Crippen MR) is 71.1 cm³/mol. The molecule has 1 aromatic rings. The van der Waals surface area contributed by atoms with Crippen LogP contribution in [0.3, 0.4) is 0 Å². The minimum Gasteiger partial charge on any atom is -0.495 e. The monoisotopic (exact) mass is 249 g/mol. The van der Waals surface area contributed by atoms with Crippen LogP contribution in [0.5, 0.6) is 5.75 Å². The van der Waals surface area contributed by atoms with E-state index in [1.807, 2.05) is 20.8 Å². The van der Waals surface area contributed by atoms with Crippen LogP contribution >= 0.6 is 0 Å². The molecule has 4 heteroatoms. The minimum atomic E-state index is -0.533. The van der Waals surface area contributed by atoms with Gasteiger partial charge in [-0.3, -0.25) is 9.59 Å². The number of rotatable bonds is 3. The van der Waals surface area contributed by atoms with Crippen molar-refractivity contribution in [3.63, 3.8) is 0 Å². The molecule has 1 aromatic carbocycles. The summed E-state index contributed by atoms with van der Waals surface area (Å²) in [6.07, 6.45) is 0. The van der Waals surface area contributed by atoms with Gasteiger partial charge in [0.15, 0.2) is 5.78 Å². The summed E-state index contributed by atoms with van der Waals surface area (Å²) in [6, 6.07) is 5.11. The highest BCUT2D eigenvalue weighted by molar-refractivity contribution is 6.06. The highest BCUT2D eigenvalue weighted by atomic mass is 16.5. The van der Waals surface area contributed by atoms with Crippen molar-refractivity contribution in [2.45, 2.75) is 27.7 Å². The summed E-state index contributed by atoms with van der Waals surface area (Å²) in [7, 11) is 1.51. The van der Waals surface area contributed by atoms with E-state index in [-0.39, 0.29) is 11.7 Å². The van der Waals surface area contributed by atoms with Gasteiger partial charge in [0.25, 0.3) is 0 Å². The zero-order valence-corrected chi connectivity index (χ0v) is 11.5. The molecule has 0 saturated heterocycles. The average Bonchev–Trinajstić information content (AvgIpc) is 2.27. The van der Waals surface area contributed by atoms with Gasteiger partial charge in [-0.05, 0) is 19.1 Å². The second-order valence-corrected chi connectivity index (χ2v) is 5.14. The van der Waals surface area contributed by atoms with E-state index in [1.54, 1.807) is 18.2 Å². The molecule has 98 valence electrons. The second-order valence-electron chi connectivity index (χ2n) is 5.14. The Bertz CT molecular complexity index is 472. The van der Waals surface area contributed by atoms with Crippen LogP contribution in [0.1, 0.15) is 38.1 Å². The molecule has 0 bridgehead atoms. The van der Waals surface area contributed by atoms with Crippen molar-refractivity contribution in [1.29, 1.82) is 0 Å². The first-order valence-electron chi connectivity index (χ1n) is 5.76. The number of ether oxygens (including phenoxy) is 1. The van der Waals surface area contributed by atoms with Crippen LogP contribution in [0.15, 0.2) is 18.2 Å². The van der Waals surface area contributed by atoms with Gasteiger partial charge in [0.1, 0.15) is 5.75 Å². The van der Waals surface area contributed by atoms with Crippen molar-refractivity contribution >= 4 is 17.4 Å². The number of Topliss-reactive ketones (excluding diaryl/α,β-unsaturated/α-hetero) is 1. The third kappa shape index (κ3) is 3.09. The van der Waals surface area contributed by atoms with Crippen molar-refractivity contribution < 1.29 is 14.3 Å². The molecule has 0 aliphatic carbocycles. The van der Waals surface area contributed by atoms with Gasteiger partial charge in [0, 0.05) is 11.0 Å². The van der Waals surface area contributed by atoms with E-state index < -0.39 is 5.41 Å². The number of carbonyl (C=O) groups is 2. The molecule has 18 heavy (non-hydrogen) atoms. The number of amides is 1. The van der Waals surface area contributed by atoms with Gasteiger partial charge >= 0.3 is 0 Å². The summed E-state index contributed by atoms with van der Waals surface area (Å²) in [6.45, 7) is 6.89. The molecule has 0 saturated carbocycles. The number of ketones is 1. The second kappa shape index (κ2) is 5.21. The van der Waals surface area contributed by atoms with Gasteiger partial charge in [-0.25, -0.2) is 0 Å². The lowest BCUT2D eigenvalue weighted by molar-refractivity contribution is -0.123. The Morgan fingerprint density at radius 1 is 1.22 bits per heavy atom. The fourth-order valence-electron chi connectivity index (χ4n) is 1.42. The number of carbonyl (C=O) groups excluding carboxylic acids is 2. The number of hydrogen-bond acceptors (Lipinski definition) is 3. The Morgan fingerprint density at radius 3 is 2.28 bits per heavy atom. The summed E-state index contributed by atoms with van der Waals surface area (Å²) < 4.78 is 5.18.